The van der Waals surface area contributed by atoms with Crippen LogP contribution < -0.4 is 0 Å². The Kier molecular flexibility index (Phi) is 4.72. The van der Waals surface area contributed by atoms with Crippen LogP contribution in [0.5, 0.6) is 0 Å². The van der Waals surface area contributed by atoms with Crippen molar-refractivity contribution in [2.45, 2.75) is 21.8 Å². The highest BCUT2D eigenvalue weighted by atomic mass is 32.2. The van der Waals surface area contributed by atoms with Crippen LogP contribution in [-0.2, 0) is 11.5 Å². The normalized spacial score (nSPS) is 11.4. The fourth-order valence-electron chi connectivity index (χ4n) is 2.82. The molecule has 0 atom stereocenters. The summed E-state index contributed by atoms with van der Waals surface area (Å²) in [5.41, 5.74) is 5.99. The summed E-state index contributed by atoms with van der Waals surface area (Å²) < 4.78 is 0. The summed E-state index contributed by atoms with van der Waals surface area (Å²) in [5, 5.41) is 1.79. The van der Waals surface area contributed by atoms with E-state index >= 15 is 0 Å². The van der Waals surface area contributed by atoms with Crippen LogP contribution in [-0.4, -0.2) is 29.9 Å². The molecule has 0 fully saturated rings. The number of H-pyrrole nitrogens is 2. The molecule has 1 aromatic carbocycles. The Morgan fingerprint density at radius 1 is 0.643 bits per heavy atom. The number of fused-ring (bicyclic) bond motifs is 2. The van der Waals surface area contributed by atoms with Gasteiger partial charge < -0.3 is 9.97 Å². The molecule has 5 aromatic rings. The smallest absolute Gasteiger partial charge is 0.178 e. The summed E-state index contributed by atoms with van der Waals surface area (Å²) in [5.74, 6) is 1.73. The summed E-state index contributed by atoms with van der Waals surface area (Å²) in [4.78, 5) is 24.1. The first-order valence-corrected chi connectivity index (χ1v) is 10.8. The van der Waals surface area contributed by atoms with Crippen molar-refractivity contribution in [3.63, 3.8) is 0 Å². The fraction of sp³-hybridized carbons (Fsp3) is 0.100. The van der Waals surface area contributed by atoms with Crippen LogP contribution in [0.1, 0.15) is 11.1 Å². The summed E-state index contributed by atoms with van der Waals surface area (Å²) in [6.07, 6.45) is 3.52. The van der Waals surface area contributed by atoms with Crippen molar-refractivity contribution in [3.8, 4) is 0 Å². The molecular weight excluding hydrogens is 388 g/mol. The van der Waals surface area contributed by atoms with Crippen LogP contribution in [0.4, 0.5) is 0 Å². The van der Waals surface area contributed by atoms with Gasteiger partial charge in [-0.2, -0.15) is 0 Å². The predicted octanol–water partition coefficient (Wildman–Crippen LogP) is 4.81. The van der Waals surface area contributed by atoms with Crippen molar-refractivity contribution in [2.75, 3.05) is 0 Å². The molecule has 0 aliphatic heterocycles. The Labute approximate surface area is 169 Å². The Hall–Kier alpha value is -2.84. The van der Waals surface area contributed by atoms with Crippen molar-refractivity contribution in [1.82, 2.24) is 29.9 Å². The topological polar surface area (TPSA) is 83.1 Å². The fourth-order valence-corrected chi connectivity index (χ4v) is 4.48. The number of nitrogens with one attached hydrogen (secondary N) is 2. The molecule has 4 heterocycles. The molecule has 0 aliphatic carbocycles. The highest BCUT2D eigenvalue weighted by Gasteiger charge is 2.06. The standard InChI is InChI=1S/C20H16N6S2/c1-3-15-17(21-9-1)25-19(23-15)27-11-13-5-7-14(8-6-13)12-28-20-24-16-4-2-10-22-18(16)26-20/h1-10H,11-12H2,(H,21,23,25)(H,22,24,26). The number of aromatic nitrogens is 6. The van der Waals surface area contributed by atoms with Crippen LogP contribution in [0, 0.1) is 0 Å². The van der Waals surface area contributed by atoms with Gasteiger partial charge in [-0.05, 0) is 35.4 Å². The maximum Gasteiger partial charge on any atom is 0.178 e. The van der Waals surface area contributed by atoms with E-state index in [0.717, 1.165) is 44.1 Å². The molecule has 2 N–H and O–H groups in total. The lowest BCUT2D eigenvalue weighted by Crippen LogP contribution is -1.86. The Morgan fingerprint density at radius 2 is 1.11 bits per heavy atom. The maximum atomic E-state index is 4.50. The Morgan fingerprint density at radius 3 is 1.54 bits per heavy atom. The van der Waals surface area contributed by atoms with Gasteiger partial charge in [-0.15, -0.1) is 0 Å². The monoisotopic (exact) mass is 404 g/mol. The number of pyridine rings is 2. The molecule has 28 heavy (non-hydrogen) atoms. The molecule has 0 aliphatic rings. The molecule has 6 nitrogen and oxygen atoms in total. The number of rotatable bonds is 6. The van der Waals surface area contributed by atoms with Crippen molar-refractivity contribution in [3.05, 3.63) is 72.1 Å². The van der Waals surface area contributed by atoms with Crippen LogP contribution in [0.2, 0.25) is 0 Å². The van der Waals surface area contributed by atoms with E-state index in [9.17, 15) is 0 Å². The van der Waals surface area contributed by atoms with E-state index in [2.05, 4.69) is 54.2 Å². The van der Waals surface area contributed by atoms with Crippen LogP contribution in [0.15, 0.2) is 71.2 Å². The SMILES string of the molecule is c1cnc2nc(SCc3ccc(CSc4nc5ncccc5[nH]4)cc3)[nH]c2c1. The van der Waals surface area contributed by atoms with Gasteiger partial charge in [0.05, 0.1) is 11.0 Å². The van der Waals surface area contributed by atoms with Gasteiger partial charge in [0.15, 0.2) is 21.6 Å². The van der Waals surface area contributed by atoms with E-state index in [-0.39, 0.29) is 0 Å². The average molecular weight is 405 g/mol. The molecule has 8 heteroatoms. The molecule has 138 valence electrons. The molecule has 0 saturated carbocycles. The molecule has 0 bridgehead atoms. The highest BCUT2D eigenvalue weighted by molar-refractivity contribution is 7.98. The minimum absolute atomic E-state index is 0.762. The Balaban J connectivity index is 1.19. The lowest BCUT2D eigenvalue weighted by Gasteiger charge is -2.03. The van der Waals surface area contributed by atoms with Gasteiger partial charge in [-0.25, -0.2) is 19.9 Å². The summed E-state index contributed by atoms with van der Waals surface area (Å²) in [6, 6.07) is 16.5. The number of aromatic amines is 2. The zero-order chi connectivity index (χ0) is 18.8. The quantitative estimate of drug-likeness (QED) is 0.395. The molecule has 0 radical (unpaired) electrons. The first-order valence-electron chi connectivity index (χ1n) is 8.78. The summed E-state index contributed by atoms with van der Waals surface area (Å²) >= 11 is 3.37. The molecule has 0 saturated heterocycles. The second-order valence-corrected chi connectivity index (χ2v) is 8.15. The van der Waals surface area contributed by atoms with Crippen molar-refractivity contribution < 1.29 is 0 Å². The third-order valence-electron chi connectivity index (χ3n) is 4.25. The van der Waals surface area contributed by atoms with Crippen molar-refractivity contribution in [1.29, 1.82) is 0 Å². The van der Waals surface area contributed by atoms with Crippen LogP contribution in [0.3, 0.4) is 0 Å². The van der Waals surface area contributed by atoms with Gasteiger partial charge in [-0.3, -0.25) is 0 Å². The first-order chi connectivity index (χ1) is 13.8. The van der Waals surface area contributed by atoms with Gasteiger partial charge in [0.1, 0.15) is 0 Å². The zero-order valence-corrected chi connectivity index (χ0v) is 16.4. The maximum absolute atomic E-state index is 4.50. The third kappa shape index (κ3) is 3.74. The number of hydrogen-bond acceptors (Lipinski definition) is 6. The first kappa shape index (κ1) is 17.3. The van der Waals surface area contributed by atoms with E-state index < -0.39 is 0 Å². The van der Waals surface area contributed by atoms with Crippen LogP contribution in [0.25, 0.3) is 22.3 Å². The largest absolute Gasteiger partial charge is 0.332 e. The van der Waals surface area contributed by atoms with Gasteiger partial charge in [0.25, 0.3) is 0 Å². The van der Waals surface area contributed by atoms with Gasteiger partial charge >= 0.3 is 0 Å². The lowest BCUT2D eigenvalue weighted by molar-refractivity contribution is 1.07. The van der Waals surface area contributed by atoms with E-state index in [4.69, 9.17) is 0 Å². The van der Waals surface area contributed by atoms with E-state index in [1.807, 2.05) is 24.3 Å². The van der Waals surface area contributed by atoms with E-state index in [0.29, 0.717) is 0 Å². The second-order valence-electron chi connectivity index (χ2n) is 6.23. The molecule has 0 spiro atoms. The number of benzene rings is 1. The second kappa shape index (κ2) is 7.65. The van der Waals surface area contributed by atoms with E-state index in [1.54, 1.807) is 35.9 Å². The zero-order valence-electron chi connectivity index (χ0n) is 14.8. The number of hydrogen-bond donors (Lipinski definition) is 2. The highest BCUT2D eigenvalue weighted by Crippen LogP contribution is 2.25. The summed E-state index contributed by atoms with van der Waals surface area (Å²) in [7, 11) is 0. The van der Waals surface area contributed by atoms with Gasteiger partial charge in [-0.1, -0.05) is 47.8 Å². The number of nitrogens with zero attached hydrogens (tertiary/aromatic N) is 4. The lowest BCUT2D eigenvalue weighted by atomic mass is 10.2. The molecule has 0 amide bonds. The van der Waals surface area contributed by atoms with E-state index in [1.165, 1.54) is 11.1 Å². The Bertz CT molecular complexity index is 1070. The molecule has 4 aromatic heterocycles. The third-order valence-corrected chi connectivity index (χ3v) is 6.13. The predicted molar refractivity (Wildman–Crippen MR) is 113 cm³/mol. The van der Waals surface area contributed by atoms with Gasteiger partial charge in [0, 0.05) is 23.9 Å². The number of imidazole rings is 2. The minimum atomic E-state index is 0.762. The molecule has 5 rings (SSSR count). The van der Waals surface area contributed by atoms with Crippen molar-refractivity contribution >= 4 is 45.9 Å². The molecule has 0 unspecified atom stereocenters. The summed E-state index contributed by atoms with van der Waals surface area (Å²) in [6.45, 7) is 0. The minimum Gasteiger partial charge on any atom is -0.332 e. The van der Waals surface area contributed by atoms with Crippen molar-refractivity contribution in [2.24, 2.45) is 0 Å². The average Bonchev–Trinajstić information content (AvgIpc) is 3.34. The van der Waals surface area contributed by atoms with Gasteiger partial charge in [0.2, 0.25) is 0 Å². The molecular formula is C20H16N6S2. The van der Waals surface area contributed by atoms with Crippen LogP contribution >= 0.6 is 23.5 Å². The number of thioether (sulfide) groups is 2.